The van der Waals surface area contributed by atoms with Crippen LogP contribution in [0.4, 0.5) is 4.79 Å². The molecule has 0 spiro atoms. The molecule has 3 amide bonds. The highest BCUT2D eigenvalue weighted by molar-refractivity contribution is 6.77. The lowest BCUT2D eigenvalue weighted by Crippen LogP contribution is -2.56. The maximum Gasteiger partial charge on any atom is 0.408 e. The van der Waals surface area contributed by atoms with E-state index >= 15 is 0 Å². The Morgan fingerprint density at radius 1 is 1.07 bits per heavy atom. The van der Waals surface area contributed by atoms with Gasteiger partial charge in [0.25, 0.3) is 0 Å². The van der Waals surface area contributed by atoms with Crippen molar-refractivity contribution in [3.8, 4) is 0 Å². The fourth-order valence-electron chi connectivity index (χ4n) is 7.54. The summed E-state index contributed by atoms with van der Waals surface area (Å²) in [5, 5.41) is 5.85. The Kier molecular flexibility index (Phi) is 12.4. The van der Waals surface area contributed by atoms with E-state index in [-0.39, 0.29) is 31.1 Å². The van der Waals surface area contributed by atoms with Crippen LogP contribution < -0.4 is 10.6 Å². The number of carbonyl (C=O) groups excluding carboxylic acids is 4. The van der Waals surface area contributed by atoms with Crippen LogP contribution in [0.25, 0.3) is 0 Å². The van der Waals surface area contributed by atoms with Crippen LogP contribution >= 0.6 is 0 Å². The van der Waals surface area contributed by atoms with Crippen LogP contribution in [0.1, 0.15) is 114 Å². The van der Waals surface area contributed by atoms with Gasteiger partial charge in [-0.3, -0.25) is 9.59 Å². The largest absolute Gasteiger partial charge is 0.464 e. The summed E-state index contributed by atoms with van der Waals surface area (Å²) in [5.41, 5.74) is -0.888. The number of rotatable bonds is 8. The van der Waals surface area contributed by atoms with Crippen LogP contribution in [-0.2, 0) is 28.3 Å². The van der Waals surface area contributed by atoms with Crippen molar-refractivity contribution in [3.05, 3.63) is 12.2 Å². The second-order valence-electron chi connectivity index (χ2n) is 15.1. The molecule has 2 N–H and O–H groups in total. The Hall–Kier alpha value is -2.40. The van der Waals surface area contributed by atoms with Crippen molar-refractivity contribution in [2.24, 2.45) is 5.92 Å². The highest BCUT2D eigenvalue weighted by atomic mass is 28.4. The maximum absolute atomic E-state index is 14.4. The lowest BCUT2D eigenvalue weighted by atomic mass is 10.0. The summed E-state index contributed by atoms with van der Waals surface area (Å²) >= 11 is 0. The average Bonchev–Trinajstić information content (AvgIpc) is 3.45. The van der Waals surface area contributed by atoms with Gasteiger partial charge in [-0.15, -0.1) is 0 Å². The number of fused-ring (bicyclic) bond motifs is 2. The number of amides is 3. The first-order chi connectivity index (χ1) is 21.0. The highest BCUT2D eigenvalue weighted by Gasteiger charge is 2.62. The Morgan fingerprint density at radius 2 is 1.71 bits per heavy atom. The number of ether oxygens (including phenoxy) is 2. The molecule has 2 fully saturated rings. The van der Waals surface area contributed by atoms with E-state index in [1.54, 1.807) is 32.6 Å². The quantitative estimate of drug-likeness (QED) is 0.188. The molecular formula is C34H59N3O7Si. The third-order valence-corrected chi connectivity index (χ3v) is 15.8. The molecule has 45 heavy (non-hydrogen) atoms. The Bertz CT molecular complexity index is 1080. The van der Waals surface area contributed by atoms with Gasteiger partial charge in [0.05, 0.1) is 12.7 Å². The Balaban J connectivity index is 2.00. The van der Waals surface area contributed by atoms with Crippen LogP contribution in [0, 0.1) is 5.92 Å². The van der Waals surface area contributed by atoms with Crippen molar-refractivity contribution in [2.75, 3.05) is 13.2 Å². The van der Waals surface area contributed by atoms with Crippen LogP contribution in [0.5, 0.6) is 0 Å². The van der Waals surface area contributed by atoms with E-state index in [1.807, 2.05) is 6.08 Å². The van der Waals surface area contributed by atoms with Crippen LogP contribution in [-0.4, -0.2) is 79.6 Å². The molecule has 3 aliphatic rings. The fraction of sp³-hybridized carbons (Fsp3) is 0.824. The van der Waals surface area contributed by atoms with Crippen LogP contribution in [0.3, 0.4) is 0 Å². The van der Waals surface area contributed by atoms with Gasteiger partial charge < -0.3 is 29.4 Å². The first-order valence-electron chi connectivity index (χ1n) is 17.1. The van der Waals surface area contributed by atoms with E-state index < -0.39 is 49.5 Å². The van der Waals surface area contributed by atoms with Gasteiger partial charge in [-0.2, -0.15) is 0 Å². The van der Waals surface area contributed by atoms with Gasteiger partial charge in [0.2, 0.25) is 20.1 Å². The molecule has 1 aliphatic carbocycles. The van der Waals surface area contributed by atoms with Crippen molar-refractivity contribution in [2.45, 2.75) is 160 Å². The highest BCUT2D eigenvalue weighted by Crippen LogP contribution is 2.47. The van der Waals surface area contributed by atoms with Crippen LogP contribution in [0.2, 0.25) is 16.6 Å². The summed E-state index contributed by atoms with van der Waals surface area (Å²) in [7, 11) is -2.34. The number of nitrogens with one attached hydrogen (secondary N) is 2. The first-order valence-corrected chi connectivity index (χ1v) is 19.3. The second-order valence-corrected chi connectivity index (χ2v) is 20.5. The van der Waals surface area contributed by atoms with Crippen molar-refractivity contribution in [1.82, 2.24) is 15.5 Å². The lowest BCUT2D eigenvalue weighted by Gasteiger charge is -2.44. The van der Waals surface area contributed by atoms with Gasteiger partial charge in [0.1, 0.15) is 23.2 Å². The SMILES string of the molecule is CCOC(=O)[C@@]12C[C@H]1/C=C/CCCCC[C@H](NC(=O)OC(C)(C)C)C(=O)N1C[C@H](O[Si](C(C)C)(C(C)C)C(C)C)C[C@H]1C(=O)N2. The summed E-state index contributed by atoms with van der Waals surface area (Å²) in [6, 6.07) is -1.71. The zero-order valence-electron chi connectivity index (χ0n) is 29.4. The van der Waals surface area contributed by atoms with Crippen LogP contribution in [0.15, 0.2) is 12.2 Å². The van der Waals surface area contributed by atoms with E-state index in [1.165, 1.54) is 0 Å². The maximum atomic E-state index is 14.4. The first kappa shape index (κ1) is 37.1. The van der Waals surface area contributed by atoms with Gasteiger partial charge >= 0.3 is 12.1 Å². The predicted octanol–water partition coefficient (Wildman–Crippen LogP) is 6.00. The minimum absolute atomic E-state index is 0.160. The number of alkyl carbamates (subject to hydrolysis) is 1. The number of carbonyl (C=O) groups is 4. The van der Waals surface area contributed by atoms with Gasteiger partial charge in [-0.05, 0) is 70.0 Å². The summed E-state index contributed by atoms with van der Waals surface area (Å²) in [4.78, 5) is 56.2. The minimum atomic E-state index is -2.34. The topological polar surface area (TPSA) is 123 Å². The molecule has 0 aromatic carbocycles. The zero-order valence-corrected chi connectivity index (χ0v) is 30.4. The average molecular weight is 650 g/mol. The van der Waals surface area contributed by atoms with E-state index in [4.69, 9.17) is 13.9 Å². The van der Waals surface area contributed by atoms with Crippen molar-refractivity contribution >= 4 is 32.2 Å². The van der Waals surface area contributed by atoms with Gasteiger partial charge in [0.15, 0.2) is 0 Å². The fourth-order valence-corrected chi connectivity index (χ4v) is 13.1. The molecule has 0 unspecified atom stereocenters. The van der Waals surface area contributed by atoms with E-state index in [0.29, 0.717) is 35.9 Å². The minimum Gasteiger partial charge on any atom is -0.464 e. The van der Waals surface area contributed by atoms with E-state index in [0.717, 1.165) is 25.7 Å². The number of hydrogen-bond donors (Lipinski definition) is 2. The van der Waals surface area contributed by atoms with Gasteiger partial charge in [-0.1, -0.05) is 66.5 Å². The molecule has 2 heterocycles. The molecule has 256 valence electrons. The van der Waals surface area contributed by atoms with Gasteiger partial charge in [-0.25, -0.2) is 9.59 Å². The number of nitrogens with zero attached hydrogens (tertiary/aromatic N) is 1. The molecular weight excluding hydrogens is 590 g/mol. The molecule has 0 radical (unpaired) electrons. The molecule has 1 saturated carbocycles. The normalized spacial score (nSPS) is 29.0. The lowest BCUT2D eigenvalue weighted by molar-refractivity contribution is -0.150. The molecule has 0 bridgehead atoms. The van der Waals surface area contributed by atoms with Crippen molar-refractivity contribution in [1.29, 1.82) is 0 Å². The molecule has 0 aromatic heterocycles. The summed E-state index contributed by atoms with van der Waals surface area (Å²) < 4.78 is 18.0. The molecule has 1 saturated heterocycles. The molecule has 10 nitrogen and oxygen atoms in total. The van der Waals surface area contributed by atoms with E-state index in [2.05, 4.69) is 58.3 Å². The third-order valence-electron chi connectivity index (χ3n) is 9.65. The zero-order chi connectivity index (χ0) is 33.7. The number of allylic oxidation sites excluding steroid dienone is 1. The number of hydrogen-bond acceptors (Lipinski definition) is 7. The van der Waals surface area contributed by atoms with E-state index in [9.17, 15) is 19.2 Å². The third kappa shape index (κ3) is 8.70. The number of esters is 1. The Labute approximate surface area is 271 Å². The summed E-state index contributed by atoms with van der Waals surface area (Å²) in [5.74, 6) is -1.33. The molecule has 5 atom stereocenters. The smallest absolute Gasteiger partial charge is 0.408 e. The summed E-state index contributed by atoms with van der Waals surface area (Å²) in [6.45, 7) is 20.8. The van der Waals surface area contributed by atoms with Gasteiger partial charge in [0, 0.05) is 18.9 Å². The molecule has 3 rings (SSSR count). The van der Waals surface area contributed by atoms with Crippen molar-refractivity contribution < 1.29 is 33.1 Å². The Morgan fingerprint density at radius 3 is 2.29 bits per heavy atom. The molecule has 2 aliphatic heterocycles. The predicted molar refractivity (Wildman–Crippen MR) is 177 cm³/mol. The monoisotopic (exact) mass is 649 g/mol. The van der Waals surface area contributed by atoms with Crippen molar-refractivity contribution in [3.63, 3.8) is 0 Å². The standard InChI is InChI=1S/C34H59N3O7Si/c1-11-42-31(40)34-20-25(34)17-15-13-12-14-16-18-27(35-32(41)43-33(8,9)10)30(39)37-21-26(19-28(37)29(38)36-34)44-45(22(2)3,23(4)5)24(6)7/h15,17,22-28H,11-14,16,18-21H2,1-10H3,(H,35,41)(H,36,38)/b17-15+/t25-,26-,27+,28+,34-/m1/s1. The second kappa shape index (κ2) is 15.0. The molecule has 0 aromatic rings. The summed E-state index contributed by atoms with van der Waals surface area (Å²) in [6.07, 6.45) is 7.60. The molecule has 11 heteroatoms.